The highest BCUT2D eigenvalue weighted by molar-refractivity contribution is 7.16. The Hall–Kier alpha value is 0.240. The van der Waals surface area contributed by atoms with E-state index in [0.717, 1.165) is 23.6 Å². The topological polar surface area (TPSA) is 26.0 Å². The van der Waals surface area contributed by atoms with Crippen molar-refractivity contribution in [2.75, 3.05) is 0 Å². The zero-order valence-electron chi connectivity index (χ0n) is 6.55. The summed E-state index contributed by atoms with van der Waals surface area (Å²) >= 11 is 7.58. The van der Waals surface area contributed by atoms with Crippen molar-refractivity contribution < 1.29 is 0 Å². The number of aryl methyl sites for hydroxylation is 1. The second-order valence-electron chi connectivity index (χ2n) is 3.00. The van der Waals surface area contributed by atoms with Crippen molar-refractivity contribution in [2.45, 2.75) is 25.3 Å². The number of hydrogen-bond donors (Lipinski definition) is 1. The molecule has 12 heavy (non-hydrogen) atoms. The summed E-state index contributed by atoms with van der Waals surface area (Å²) in [5.74, 6) is 0. The molecule has 0 fully saturated rings. The van der Waals surface area contributed by atoms with Crippen LogP contribution in [0.25, 0.3) is 0 Å². The van der Waals surface area contributed by atoms with E-state index in [0.29, 0.717) is 6.04 Å². The molecule has 0 bridgehead atoms. The third-order valence-electron chi connectivity index (χ3n) is 2.09. The maximum absolute atomic E-state index is 5.88. The van der Waals surface area contributed by atoms with Crippen LogP contribution in [0.3, 0.4) is 0 Å². The Morgan fingerprint density at radius 2 is 2.33 bits per heavy atom. The lowest BCUT2D eigenvalue weighted by Gasteiger charge is -2.16. The second-order valence-corrected chi connectivity index (χ2v) is 4.77. The van der Waals surface area contributed by atoms with Gasteiger partial charge >= 0.3 is 0 Å². The van der Waals surface area contributed by atoms with Crippen LogP contribution in [0.1, 0.15) is 16.9 Å². The minimum Gasteiger partial charge on any atom is -0.327 e. The van der Waals surface area contributed by atoms with Crippen LogP contribution in [0.4, 0.5) is 0 Å². The lowest BCUT2D eigenvalue weighted by Crippen LogP contribution is -2.26. The molecular weight excluding hydrogens is 213 g/mol. The van der Waals surface area contributed by atoms with E-state index < -0.39 is 0 Å². The lowest BCUT2D eigenvalue weighted by atomic mass is 9.95. The second kappa shape index (κ2) is 3.97. The Morgan fingerprint density at radius 1 is 1.58 bits per heavy atom. The quantitative estimate of drug-likeness (QED) is 0.720. The summed E-state index contributed by atoms with van der Waals surface area (Å²) in [5.41, 5.74) is 7.19. The first-order valence-corrected chi connectivity index (χ1v) is 4.98. The van der Waals surface area contributed by atoms with Crippen LogP contribution in [0.15, 0.2) is 6.07 Å². The molecule has 1 unspecified atom stereocenters. The maximum atomic E-state index is 5.88. The van der Waals surface area contributed by atoms with Crippen molar-refractivity contribution in [3.05, 3.63) is 20.8 Å². The minimum absolute atomic E-state index is 0. The van der Waals surface area contributed by atoms with Gasteiger partial charge in [-0.05, 0) is 30.9 Å². The van der Waals surface area contributed by atoms with Gasteiger partial charge in [-0.3, -0.25) is 0 Å². The van der Waals surface area contributed by atoms with E-state index in [4.69, 9.17) is 17.3 Å². The Kier molecular flexibility index (Phi) is 3.41. The fraction of sp³-hybridized carbons (Fsp3) is 0.500. The summed E-state index contributed by atoms with van der Waals surface area (Å²) in [5, 5.41) is 0. The summed E-state index contributed by atoms with van der Waals surface area (Å²) in [6, 6.07) is 2.41. The summed E-state index contributed by atoms with van der Waals surface area (Å²) in [7, 11) is 0. The molecule has 4 heteroatoms. The molecule has 2 rings (SSSR count). The molecule has 0 aromatic carbocycles. The molecule has 1 aliphatic carbocycles. The molecule has 1 aromatic rings. The van der Waals surface area contributed by atoms with Gasteiger partial charge in [-0.2, -0.15) is 0 Å². The third kappa shape index (κ3) is 1.94. The fourth-order valence-electron chi connectivity index (χ4n) is 1.52. The molecule has 0 spiro atoms. The normalized spacial score (nSPS) is 21.3. The molecule has 0 amide bonds. The summed E-state index contributed by atoms with van der Waals surface area (Å²) in [6.45, 7) is 0. The molecule has 1 aliphatic rings. The van der Waals surface area contributed by atoms with Crippen molar-refractivity contribution >= 4 is 35.3 Å². The van der Waals surface area contributed by atoms with Gasteiger partial charge in [0.2, 0.25) is 0 Å². The Balaban J connectivity index is 0.000000720. The molecule has 0 aliphatic heterocycles. The summed E-state index contributed by atoms with van der Waals surface area (Å²) < 4.78 is 0.907. The lowest BCUT2D eigenvalue weighted by molar-refractivity contribution is 0.583. The summed E-state index contributed by atoms with van der Waals surface area (Å²) in [6.07, 6.45) is 3.25. The van der Waals surface area contributed by atoms with Gasteiger partial charge in [0.05, 0.1) is 4.34 Å². The monoisotopic (exact) mass is 223 g/mol. The van der Waals surface area contributed by atoms with E-state index in [-0.39, 0.29) is 12.4 Å². The van der Waals surface area contributed by atoms with Crippen molar-refractivity contribution in [3.63, 3.8) is 0 Å². The number of rotatable bonds is 0. The van der Waals surface area contributed by atoms with E-state index in [9.17, 15) is 0 Å². The van der Waals surface area contributed by atoms with Gasteiger partial charge in [-0.25, -0.2) is 0 Å². The van der Waals surface area contributed by atoms with Crippen molar-refractivity contribution in [2.24, 2.45) is 5.73 Å². The standard InChI is InChI=1S/C8H10ClNS.ClH/c9-8-4-5-3-6(10)1-2-7(5)11-8;/h4,6H,1-3,10H2;1H. The van der Waals surface area contributed by atoms with Gasteiger partial charge in [-0.1, -0.05) is 11.6 Å². The summed E-state index contributed by atoms with van der Waals surface area (Å²) in [4.78, 5) is 1.44. The van der Waals surface area contributed by atoms with Crippen molar-refractivity contribution in [1.29, 1.82) is 0 Å². The average Bonchev–Trinajstić information content (AvgIpc) is 2.27. The van der Waals surface area contributed by atoms with Gasteiger partial charge in [0.1, 0.15) is 0 Å². The molecule has 1 atom stereocenters. The molecule has 1 heterocycles. The predicted molar refractivity (Wildman–Crippen MR) is 56.6 cm³/mol. The fourth-order valence-corrected chi connectivity index (χ4v) is 2.86. The van der Waals surface area contributed by atoms with E-state index in [1.54, 1.807) is 11.3 Å². The number of nitrogens with two attached hydrogens (primary N) is 1. The van der Waals surface area contributed by atoms with E-state index in [1.807, 2.05) is 0 Å². The van der Waals surface area contributed by atoms with Crippen LogP contribution in [0.2, 0.25) is 4.34 Å². The largest absolute Gasteiger partial charge is 0.327 e. The third-order valence-corrected chi connectivity index (χ3v) is 3.46. The maximum Gasteiger partial charge on any atom is 0.0934 e. The average molecular weight is 224 g/mol. The van der Waals surface area contributed by atoms with Gasteiger partial charge in [0.25, 0.3) is 0 Å². The highest BCUT2D eigenvalue weighted by Gasteiger charge is 2.17. The van der Waals surface area contributed by atoms with Crippen LogP contribution in [0, 0.1) is 0 Å². The minimum atomic E-state index is 0. The highest BCUT2D eigenvalue weighted by Crippen LogP contribution is 2.31. The first-order chi connectivity index (χ1) is 5.25. The van der Waals surface area contributed by atoms with E-state index in [2.05, 4.69) is 6.07 Å². The van der Waals surface area contributed by atoms with Crippen molar-refractivity contribution in [1.82, 2.24) is 0 Å². The predicted octanol–water partition coefficient (Wildman–Crippen LogP) is 2.64. The van der Waals surface area contributed by atoms with Crippen LogP contribution in [-0.4, -0.2) is 6.04 Å². The molecular formula is C8H11Cl2NS. The Labute approximate surface area is 87.3 Å². The first-order valence-electron chi connectivity index (χ1n) is 3.78. The molecule has 68 valence electrons. The zero-order chi connectivity index (χ0) is 7.84. The van der Waals surface area contributed by atoms with Crippen LogP contribution in [0.5, 0.6) is 0 Å². The van der Waals surface area contributed by atoms with Gasteiger partial charge in [-0.15, -0.1) is 23.7 Å². The van der Waals surface area contributed by atoms with Crippen LogP contribution < -0.4 is 5.73 Å². The van der Waals surface area contributed by atoms with Gasteiger partial charge < -0.3 is 5.73 Å². The SMILES string of the molecule is Cl.NC1CCc2sc(Cl)cc2C1. The zero-order valence-corrected chi connectivity index (χ0v) is 8.94. The van der Waals surface area contributed by atoms with E-state index >= 15 is 0 Å². The highest BCUT2D eigenvalue weighted by atomic mass is 35.5. The molecule has 0 saturated heterocycles. The van der Waals surface area contributed by atoms with Crippen LogP contribution in [-0.2, 0) is 12.8 Å². The number of hydrogen-bond acceptors (Lipinski definition) is 2. The molecule has 2 N–H and O–H groups in total. The number of fused-ring (bicyclic) bond motifs is 1. The molecule has 1 aromatic heterocycles. The molecule has 0 radical (unpaired) electrons. The Morgan fingerprint density at radius 3 is 3.08 bits per heavy atom. The van der Waals surface area contributed by atoms with Gasteiger partial charge in [0.15, 0.2) is 0 Å². The molecule has 0 saturated carbocycles. The number of thiophene rings is 1. The molecule has 1 nitrogen and oxygen atoms in total. The number of halogens is 2. The van der Waals surface area contributed by atoms with E-state index in [1.165, 1.54) is 10.4 Å². The van der Waals surface area contributed by atoms with Gasteiger partial charge in [0, 0.05) is 10.9 Å². The first kappa shape index (κ1) is 10.3. The van der Waals surface area contributed by atoms with Crippen LogP contribution >= 0.6 is 35.3 Å². The smallest absolute Gasteiger partial charge is 0.0934 e. The van der Waals surface area contributed by atoms with Crippen molar-refractivity contribution in [3.8, 4) is 0 Å². The Bertz CT molecular complexity index is 272.